The quantitative estimate of drug-likeness (QED) is 0.451. The van der Waals surface area contributed by atoms with Crippen LogP contribution in [0.1, 0.15) is 18.1 Å². The summed E-state index contributed by atoms with van der Waals surface area (Å²) >= 11 is 0. The van der Waals surface area contributed by atoms with E-state index in [2.05, 4.69) is 28.8 Å². The second kappa shape index (κ2) is 15.4. The molecule has 0 saturated carbocycles. The minimum Gasteiger partial charge on any atom is -0.493 e. The second-order valence-corrected chi connectivity index (χ2v) is 6.30. The molecule has 0 fully saturated rings. The molecule has 0 saturated heterocycles. The van der Waals surface area contributed by atoms with Crippen molar-refractivity contribution in [1.82, 2.24) is 10.6 Å². The van der Waals surface area contributed by atoms with E-state index >= 15 is 0 Å². The van der Waals surface area contributed by atoms with Crippen molar-refractivity contribution in [3.63, 3.8) is 0 Å². The summed E-state index contributed by atoms with van der Waals surface area (Å²) in [7, 11) is 1.66. The topological polar surface area (TPSA) is 62.8 Å². The predicted molar refractivity (Wildman–Crippen MR) is 119 cm³/mol. The third-order valence-corrected chi connectivity index (χ3v) is 3.97. The molecule has 0 aromatic heterocycles. The molecule has 2 aromatic rings. The lowest BCUT2D eigenvalue weighted by atomic mass is 10.1. The molecule has 5 nitrogen and oxygen atoms in total. The lowest BCUT2D eigenvalue weighted by Crippen LogP contribution is -2.31. The highest BCUT2D eigenvalue weighted by Crippen LogP contribution is 2.28. The van der Waals surface area contributed by atoms with Crippen LogP contribution in [0.25, 0.3) is 0 Å². The van der Waals surface area contributed by atoms with E-state index < -0.39 is 0 Å². The molecule has 0 aliphatic carbocycles. The van der Waals surface area contributed by atoms with Gasteiger partial charge in [0.05, 0.1) is 19.8 Å². The van der Waals surface area contributed by atoms with Gasteiger partial charge in [-0.1, -0.05) is 36.4 Å². The molecular weight excluding hydrogens is 399 g/mol. The fraction of sp³-hybridized carbons (Fsp3) is 0.429. The zero-order valence-corrected chi connectivity index (χ0v) is 18.2. The van der Waals surface area contributed by atoms with Crippen molar-refractivity contribution in [2.75, 3.05) is 33.4 Å². The Morgan fingerprint density at radius 2 is 1.64 bits per heavy atom. The maximum Gasteiger partial charge on any atom is 0.161 e. The molecule has 158 valence electrons. The van der Waals surface area contributed by atoms with Crippen molar-refractivity contribution < 1.29 is 14.6 Å². The van der Waals surface area contributed by atoms with Crippen LogP contribution < -0.4 is 20.1 Å². The van der Waals surface area contributed by atoms with E-state index in [0.717, 1.165) is 43.1 Å². The minimum absolute atomic E-state index is 0. The van der Waals surface area contributed by atoms with Crippen molar-refractivity contribution in [1.29, 1.82) is 0 Å². The molecule has 0 radical (unpaired) electrons. The van der Waals surface area contributed by atoms with Crippen LogP contribution >= 0.6 is 24.8 Å². The van der Waals surface area contributed by atoms with Crippen LogP contribution in [0, 0.1) is 0 Å². The summed E-state index contributed by atoms with van der Waals surface area (Å²) in [6.45, 7) is 5.43. The Balaban J connectivity index is 0.00000364. The summed E-state index contributed by atoms with van der Waals surface area (Å²) < 4.78 is 11.4. The van der Waals surface area contributed by atoms with Gasteiger partial charge >= 0.3 is 0 Å². The minimum atomic E-state index is -0.311. The van der Waals surface area contributed by atoms with Crippen molar-refractivity contribution in [3.8, 4) is 11.5 Å². The largest absolute Gasteiger partial charge is 0.493 e. The van der Waals surface area contributed by atoms with Gasteiger partial charge in [-0.25, -0.2) is 0 Å². The number of benzene rings is 2. The molecule has 0 aliphatic heterocycles. The van der Waals surface area contributed by atoms with Gasteiger partial charge in [0.25, 0.3) is 0 Å². The molecule has 2 aromatic carbocycles. The number of nitrogens with one attached hydrogen (secondary N) is 2. The first-order valence-corrected chi connectivity index (χ1v) is 9.12. The van der Waals surface area contributed by atoms with Crippen LogP contribution in [0.4, 0.5) is 0 Å². The predicted octanol–water partition coefficient (Wildman–Crippen LogP) is 3.22. The molecule has 7 heteroatoms. The Morgan fingerprint density at radius 3 is 2.32 bits per heavy atom. The zero-order chi connectivity index (χ0) is 18.6. The first-order chi connectivity index (χ1) is 12.7. The summed E-state index contributed by atoms with van der Waals surface area (Å²) in [5, 5.41) is 15.7. The smallest absolute Gasteiger partial charge is 0.161 e. The SMILES string of the molecule is COc1cc(CNCCNCC(C)O)ccc1OCCc1ccccc1.Cl.Cl. The normalized spacial score (nSPS) is 11.1. The zero-order valence-electron chi connectivity index (χ0n) is 16.5. The first kappa shape index (κ1) is 26.5. The lowest BCUT2D eigenvalue weighted by Gasteiger charge is -2.13. The van der Waals surface area contributed by atoms with Gasteiger partial charge < -0.3 is 25.2 Å². The molecule has 0 amide bonds. The average molecular weight is 431 g/mol. The van der Waals surface area contributed by atoms with Crippen molar-refractivity contribution in [2.45, 2.75) is 26.0 Å². The van der Waals surface area contributed by atoms with Gasteiger partial charge in [-0.2, -0.15) is 0 Å². The molecule has 0 heterocycles. The van der Waals surface area contributed by atoms with E-state index in [9.17, 15) is 5.11 Å². The van der Waals surface area contributed by atoms with Crippen LogP contribution in [0.3, 0.4) is 0 Å². The maximum atomic E-state index is 9.19. The van der Waals surface area contributed by atoms with Gasteiger partial charge in [-0.05, 0) is 30.2 Å². The Hall–Kier alpha value is -1.50. The van der Waals surface area contributed by atoms with Crippen LogP contribution in [0.15, 0.2) is 48.5 Å². The fourth-order valence-corrected chi connectivity index (χ4v) is 2.59. The number of ether oxygens (including phenoxy) is 2. The number of rotatable bonds is 12. The van der Waals surface area contributed by atoms with Crippen LogP contribution in [0.2, 0.25) is 0 Å². The molecular formula is C21H32Cl2N2O3. The summed E-state index contributed by atoms with van der Waals surface area (Å²) in [4.78, 5) is 0. The Morgan fingerprint density at radius 1 is 0.929 bits per heavy atom. The number of methoxy groups -OCH3 is 1. The summed E-state index contributed by atoms with van der Waals surface area (Å²) in [6.07, 6.45) is 0.556. The monoisotopic (exact) mass is 430 g/mol. The third-order valence-electron chi connectivity index (χ3n) is 3.97. The number of aliphatic hydroxyl groups is 1. The number of aliphatic hydroxyl groups excluding tert-OH is 1. The summed E-state index contributed by atoms with van der Waals surface area (Å²) in [6, 6.07) is 16.3. The van der Waals surface area contributed by atoms with Crippen molar-refractivity contribution >= 4 is 24.8 Å². The van der Waals surface area contributed by atoms with Crippen molar-refractivity contribution in [2.24, 2.45) is 0 Å². The molecule has 2 rings (SSSR count). The van der Waals surface area contributed by atoms with Gasteiger partial charge in [-0.3, -0.25) is 0 Å². The van der Waals surface area contributed by atoms with Crippen LogP contribution in [-0.2, 0) is 13.0 Å². The van der Waals surface area contributed by atoms with Gasteiger partial charge in [0, 0.05) is 32.6 Å². The molecule has 28 heavy (non-hydrogen) atoms. The Labute approximate surface area is 180 Å². The molecule has 0 aliphatic rings. The summed E-state index contributed by atoms with van der Waals surface area (Å²) in [5.41, 5.74) is 2.41. The van der Waals surface area contributed by atoms with Crippen molar-refractivity contribution in [3.05, 3.63) is 59.7 Å². The molecule has 0 spiro atoms. The van der Waals surface area contributed by atoms with Gasteiger partial charge in [0.1, 0.15) is 0 Å². The highest BCUT2D eigenvalue weighted by atomic mass is 35.5. The average Bonchev–Trinajstić information content (AvgIpc) is 2.66. The maximum absolute atomic E-state index is 9.19. The van der Waals surface area contributed by atoms with Gasteiger partial charge in [-0.15, -0.1) is 24.8 Å². The third kappa shape index (κ3) is 10.2. The standard InChI is InChI=1S/C21H30N2O3.2ClH/c1-17(24)15-22-11-12-23-16-19-8-9-20(21(14-19)25-2)26-13-10-18-6-4-3-5-7-18;;/h3-9,14,17,22-24H,10-13,15-16H2,1-2H3;2*1H. The highest BCUT2D eigenvalue weighted by Gasteiger charge is 2.06. The first-order valence-electron chi connectivity index (χ1n) is 9.12. The van der Waals surface area contributed by atoms with Crippen LogP contribution in [-0.4, -0.2) is 44.6 Å². The molecule has 3 N–H and O–H groups in total. The van der Waals surface area contributed by atoms with Gasteiger partial charge in [0.15, 0.2) is 11.5 Å². The Kier molecular flexibility index (Phi) is 14.6. The summed E-state index contributed by atoms with van der Waals surface area (Å²) in [5.74, 6) is 1.52. The van der Waals surface area contributed by atoms with E-state index in [4.69, 9.17) is 9.47 Å². The molecule has 1 unspecified atom stereocenters. The molecule has 1 atom stereocenters. The number of halogens is 2. The van der Waals surface area contributed by atoms with E-state index in [-0.39, 0.29) is 30.9 Å². The highest BCUT2D eigenvalue weighted by molar-refractivity contribution is 5.85. The van der Waals surface area contributed by atoms with E-state index in [0.29, 0.717) is 13.2 Å². The lowest BCUT2D eigenvalue weighted by molar-refractivity contribution is 0.191. The van der Waals surface area contributed by atoms with Crippen LogP contribution in [0.5, 0.6) is 11.5 Å². The fourth-order valence-electron chi connectivity index (χ4n) is 2.59. The van der Waals surface area contributed by atoms with E-state index in [1.165, 1.54) is 5.56 Å². The Bertz CT molecular complexity index is 643. The van der Waals surface area contributed by atoms with Gasteiger partial charge in [0.2, 0.25) is 0 Å². The van der Waals surface area contributed by atoms with E-state index in [1.807, 2.05) is 30.3 Å². The second-order valence-electron chi connectivity index (χ2n) is 6.30. The number of hydrogen-bond donors (Lipinski definition) is 3. The number of hydrogen-bond acceptors (Lipinski definition) is 5. The van der Waals surface area contributed by atoms with E-state index in [1.54, 1.807) is 14.0 Å². The molecule has 0 bridgehead atoms.